The molecule has 0 fully saturated rings. The number of phenolic OH excluding ortho intramolecular Hbond substituents is 1. The Kier molecular flexibility index (Phi) is 12.4. The van der Waals surface area contributed by atoms with Crippen molar-refractivity contribution in [2.45, 2.75) is 65.0 Å². The third-order valence-electron chi connectivity index (χ3n) is 8.02. The molecule has 6 atom stereocenters. The molecule has 2 aliphatic heterocycles. The first kappa shape index (κ1) is 35.4. The van der Waals surface area contributed by atoms with E-state index in [9.17, 15) is 24.6 Å². The van der Waals surface area contributed by atoms with Gasteiger partial charge in [0.05, 0.1) is 23.6 Å². The molecule has 45 heavy (non-hydrogen) atoms. The molecule has 12 heteroatoms. The van der Waals surface area contributed by atoms with Crippen molar-refractivity contribution in [3.8, 4) is 11.5 Å². The lowest BCUT2D eigenvalue weighted by Gasteiger charge is -2.33. The number of benzene rings is 1. The van der Waals surface area contributed by atoms with Gasteiger partial charge in [-0.1, -0.05) is 44.2 Å². The summed E-state index contributed by atoms with van der Waals surface area (Å²) in [5, 5.41) is 25.6. The first-order valence-electron chi connectivity index (χ1n) is 14.8. The number of aromatic hydroxyl groups is 1. The van der Waals surface area contributed by atoms with Crippen LogP contribution < -0.4 is 20.7 Å². The van der Waals surface area contributed by atoms with E-state index in [-0.39, 0.29) is 42.8 Å². The predicted octanol–water partition coefficient (Wildman–Crippen LogP) is 3.76. The SMILES string of the molecule is C=CCN1C(=O)COc2cc3c(O)c(c21)C[C@@H](C)C[C@H](OC)C(O)[C@@H](C)/C=C(\C)C(OC(N)=O)C(OC)/C=C\C=C(/C)C(=O)N3. The van der Waals surface area contributed by atoms with Crippen molar-refractivity contribution in [1.29, 1.82) is 0 Å². The second-order valence-electron chi connectivity index (χ2n) is 11.5. The number of hydrogen-bond acceptors (Lipinski definition) is 9. The van der Waals surface area contributed by atoms with Gasteiger partial charge in [-0.2, -0.15) is 0 Å². The van der Waals surface area contributed by atoms with Gasteiger partial charge in [0.25, 0.3) is 11.8 Å². The van der Waals surface area contributed by atoms with Crippen molar-refractivity contribution >= 4 is 29.3 Å². The standard InChI is InChI=1S/C33H45N3O9/c1-8-12-36-27(37)17-44-25-16-23-30(39)22(28(25)36)13-18(2)14-26(43-7)29(38)20(4)15-21(5)31(45-33(34)41)24(42-6)11-9-10-19(3)32(40)35-23/h8-11,15-16,18,20,24,26,29,31,38-39H,1,12-14,17H2,2-7H3,(H2,34,41)(H,35,40)/b11-9-,19-10+,21-15+/t18-,20+,24?,26+,29?,31?/m1/s1. The third kappa shape index (κ3) is 8.53. The Morgan fingerprint density at radius 3 is 2.58 bits per heavy atom. The van der Waals surface area contributed by atoms with E-state index in [0.29, 0.717) is 34.6 Å². The highest BCUT2D eigenvalue weighted by Crippen LogP contribution is 2.46. The minimum absolute atomic E-state index is 0.116. The Morgan fingerprint density at radius 2 is 1.96 bits per heavy atom. The Labute approximate surface area is 264 Å². The summed E-state index contributed by atoms with van der Waals surface area (Å²) in [5.41, 5.74) is 7.19. The average molecular weight is 628 g/mol. The van der Waals surface area contributed by atoms with Crippen LogP contribution >= 0.6 is 0 Å². The lowest BCUT2D eigenvalue weighted by Crippen LogP contribution is -2.40. The molecule has 246 valence electrons. The van der Waals surface area contributed by atoms with E-state index >= 15 is 0 Å². The molecule has 0 spiro atoms. The van der Waals surface area contributed by atoms with Gasteiger partial charge in [-0.25, -0.2) is 4.79 Å². The number of ether oxygens (including phenoxy) is 4. The molecule has 2 heterocycles. The van der Waals surface area contributed by atoms with Gasteiger partial charge in [0.2, 0.25) is 0 Å². The molecule has 1 aromatic rings. The van der Waals surface area contributed by atoms with E-state index in [1.54, 1.807) is 44.2 Å². The van der Waals surface area contributed by atoms with Crippen molar-refractivity contribution in [1.82, 2.24) is 0 Å². The average Bonchev–Trinajstić information content (AvgIpc) is 2.99. The van der Waals surface area contributed by atoms with E-state index in [0.717, 1.165) is 0 Å². The van der Waals surface area contributed by atoms with Crippen LogP contribution in [0.4, 0.5) is 16.2 Å². The summed E-state index contributed by atoms with van der Waals surface area (Å²) in [6, 6.07) is 1.50. The molecular formula is C33H45N3O9. The van der Waals surface area contributed by atoms with Gasteiger partial charge < -0.3 is 45.1 Å². The van der Waals surface area contributed by atoms with Crippen LogP contribution in [0.2, 0.25) is 0 Å². The molecule has 0 radical (unpaired) electrons. The number of hydrogen-bond donors (Lipinski definition) is 4. The quantitative estimate of drug-likeness (QED) is 0.280. The van der Waals surface area contributed by atoms with Crippen molar-refractivity contribution in [2.75, 3.05) is 37.6 Å². The summed E-state index contributed by atoms with van der Waals surface area (Å²) in [5.74, 6) is -1.27. The largest absolute Gasteiger partial charge is 0.505 e. The molecule has 12 nitrogen and oxygen atoms in total. The Bertz CT molecular complexity index is 1370. The lowest BCUT2D eigenvalue weighted by atomic mass is 9.87. The summed E-state index contributed by atoms with van der Waals surface area (Å²) < 4.78 is 22.5. The number of nitrogens with two attached hydrogens (primary N) is 1. The number of amides is 3. The Balaban J connectivity index is 2.17. The number of aliphatic hydroxyl groups excluding tert-OH is 1. The summed E-state index contributed by atoms with van der Waals surface area (Å²) in [6.45, 7) is 10.8. The molecule has 0 aliphatic carbocycles. The summed E-state index contributed by atoms with van der Waals surface area (Å²) >= 11 is 0. The number of aliphatic hydroxyl groups is 1. The van der Waals surface area contributed by atoms with E-state index in [4.69, 9.17) is 24.7 Å². The summed E-state index contributed by atoms with van der Waals surface area (Å²) in [4.78, 5) is 39.3. The zero-order valence-electron chi connectivity index (χ0n) is 26.7. The zero-order valence-corrected chi connectivity index (χ0v) is 26.7. The number of anilines is 2. The molecule has 3 rings (SSSR count). The molecule has 0 aromatic heterocycles. The van der Waals surface area contributed by atoms with Crippen LogP contribution in [0.5, 0.6) is 11.5 Å². The predicted molar refractivity (Wildman–Crippen MR) is 170 cm³/mol. The van der Waals surface area contributed by atoms with Crippen LogP contribution in [0, 0.1) is 11.8 Å². The van der Waals surface area contributed by atoms with E-state index in [1.165, 1.54) is 25.2 Å². The molecule has 0 saturated carbocycles. The smallest absolute Gasteiger partial charge is 0.405 e. The van der Waals surface area contributed by atoms with Gasteiger partial charge >= 0.3 is 6.09 Å². The first-order valence-corrected chi connectivity index (χ1v) is 14.8. The van der Waals surface area contributed by atoms with Crippen LogP contribution in [-0.4, -0.2) is 79.9 Å². The molecule has 3 unspecified atom stereocenters. The van der Waals surface area contributed by atoms with Gasteiger partial charge in [0, 0.05) is 43.9 Å². The maximum Gasteiger partial charge on any atom is 0.405 e. The zero-order chi connectivity index (χ0) is 33.4. The maximum absolute atomic E-state index is 13.2. The molecule has 1 aromatic carbocycles. The number of rotatable bonds is 5. The Morgan fingerprint density at radius 1 is 1.24 bits per heavy atom. The number of methoxy groups -OCH3 is 2. The second-order valence-corrected chi connectivity index (χ2v) is 11.5. The normalized spacial score (nSPS) is 29.6. The maximum atomic E-state index is 13.2. The number of nitrogens with one attached hydrogen (secondary N) is 1. The number of carbonyl (C=O) groups excluding carboxylic acids is 3. The van der Waals surface area contributed by atoms with E-state index < -0.39 is 42.3 Å². The van der Waals surface area contributed by atoms with Gasteiger partial charge in [0.15, 0.2) is 12.7 Å². The fourth-order valence-corrected chi connectivity index (χ4v) is 5.65. The van der Waals surface area contributed by atoms with Gasteiger partial charge in [-0.15, -0.1) is 6.58 Å². The minimum Gasteiger partial charge on any atom is -0.505 e. The molecule has 0 saturated heterocycles. The number of allylic oxidation sites excluding steroid dienone is 2. The number of nitrogens with zero attached hydrogens (tertiary/aromatic N) is 1. The van der Waals surface area contributed by atoms with Crippen molar-refractivity contribution in [3.63, 3.8) is 0 Å². The summed E-state index contributed by atoms with van der Waals surface area (Å²) in [7, 11) is 2.95. The molecular weight excluding hydrogens is 582 g/mol. The Hall–Kier alpha value is -4.13. The van der Waals surface area contributed by atoms with Crippen LogP contribution in [-0.2, 0) is 30.2 Å². The van der Waals surface area contributed by atoms with Crippen molar-refractivity contribution in [2.24, 2.45) is 17.6 Å². The van der Waals surface area contributed by atoms with Crippen molar-refractivity contribution in [3.05, 3.63) is 59.7 Å². The molecule has 2 aliphatic rings. The highest BCUT2D eigenvalue weighted by atomic mass is 16.6. The fraction of sp³-hybridized carbons (Fsp3) is 0.485. The monoisotopic (exact) mass is 627 g/mol. The molecule has 5 N–H and O–H groups in total. The number of phenols is 1. The highest BCUT2D eigenvalue weighted by molar-refractivity contribution is 6.06. The highest BCUT2D eigenvalue weighted by Gasteiger charge is 2.34. The minimum atomic E-state index is -0.994. The summed E-state index contributed by atoms with van der Waals surface area (Å²) in [6.07, 6.45) is 4.50. The van der Waals surface area contributed by atoms with Gasteiger partial charge in [-0.3, -0.25) is 9.59 Å². The van der Waals surface area contributed by atoms with Gasteiger partial charge in [0.1, 0.15) is 17.6 Å². The number of primary amides is 1. The number of carbonyl (C=O) groups is 3. The van der Waals surface area contributed by atoms with E-state index in [1.807, 2.05) is 13.8 Å². The van der Waals surface area contributed by atoms with Crippen molar-refractivity contribution < 1.29 is 43.5 Å². The lowest BCUT2D eigenvalue weighted by molar-refractivity contribution is -0.121. The van der Waals surface area contributed by atoms with Gasteiger partial charge in [-0.05, 0) is 38.2 Å². The fourth-order valence-electron chi connectivity index (χ4n) is 5.65. The van der Waals surface area contributed by atoms with Crippen LogP contribution in [0.25, 0.3) is 0 Å². The van der Waals surface area contributed by atoms with Crippen LogP contribution in [0.3, 0.4) is 0 Å². The molecule has 3 amide bonds. The number of fused-ring (bicyclic) bond motifs is 4. The van der Waals surface area contributed by atoms with Crippen LogP contribution in [0.15, 0.2) is 54.2 Å². The second kappa shape index (κ2) is 15.7. The molecule has 2 bridgehead atoms. The third-order valence-corrected chi connectivity index (χ3v) is 8.02. The van der Waals surface area contributed by atoms with E-state index in [2.05, 4.69) is 11.9 Å². The first-order chi connectivity index (χ1) is 21.3. The topological polar surface area (TPSA) is 170 Å². The van der Waals surface area contributed by atoms with Crippen LogP contribution in [0.1, 0.15) is 39.7 Å².